The molecule has 17 heavy (non-hydrogen) atoms. The third-order valence-corrected chi connectivity index (χ3v) is 2.43. The van der Waals surface area contributed by atoms with Crippen LogP contribution < -0.4 is 10.5 Å². The lowest BCUT2D eigenvalue weighted by Crippen LogP contribution is -2.24. The fraction of sp³-hybridized carbons (Fsp3) is 0.417. The quantitative estimate of drug-likeness (QED) is 0.303. The zero-order valence-electron chi connectivity index (χ0n) is 9.84. The van der Waals surface area contributed by atoms with Crippen molar-refractivity contribution >= 4 is 5.84 Å². The van der Waals surface area contributed by atoms with Crippen LogP contribution in [0.2, 0.25) is 0 Å². The molecule has 0 aliphatic heterocycles. The second-order valence-corrected chi connectivity index (χ2v) is 3.75. The monoisotopic (exact) mass is 238 g/mol. The molecule has 0 heterocycles. The molecule has 1 atom stereocenters. The molecule has 0 saturated heterocycles. The van der Waals surface area contributed by atoms with Crippen LogP contribution in [0.3, 0.4) is 0 Å². The van der Waals surface area contributed by atoms with E-state index in [0.29, 0.717) is 12.2 Å². The molecule has 0 radical (unpaired) electrons. The van der Waals surface area contributed by atoms with Crippen molar-refractivity contribution in [2.45, 2.75) is 32.5 Å². The summed E-state index contributed by atoms with van der Waals surface area (Å²) in [6.45, 7) is 1.99. The summed E-state index contributed by atoms with van der Waals surface area (Å²) in [6, 6.07) is 7.18. The standard InChI is InChI=1S/C12H18N2O3/c1-2-10(7-12(13)14-16)17-11-5-3-9(8-15)4-6-11/h3-6,10,15-16H,2,7-8H2,1H3,(H2,13,14). The van der Waals surface area contributed by atoms with Crippen molar-refractivity contribution in [3.8, 4) is 5.75 Å². The van der Waals surface area contributed by atoms with E-state index >= 15 is 0 Å². The molecular weight excluding hydrogens is 220 g/mol. The normalized spacial score (nSPS) is 13.4. The summed E-state index contributed by atoms with van der Waals surface area (Å²) < 4.78 is 5.68. The van der Waals surface area contributed by atoms with Gasteiger partial charge in [-0.05, 0) is 24.1 Å². The largest absolute Gasteiger partial charge is 0.490 e. The summed E-state index contributed by atoms with van der Waals surface area (Å²) in [5.41, 5.74) is 6.27. The molecule has 4 N–H and O–H groups in total. The summed E-state index contributed by atoms with van der Waals surface area (Å²) in [5.74, 6) is 0.864. The van der Waals surface area contributed by atoms with Crippen LogP contribution in [-0.2, 0) is 6.61 Å². The molecule has 1 aromatic rings. The first kappa shape index (κ1) is 13.3. The highest BCUT2D eigenvalue weighted by atomic mass is 16.5. The smallest absolute Gasteiger partial charge is 0.142 e. The minimum atomic E-state index is -0.120. The number of benzene rings is 1. The highest BCUT2D eigenvalue weighted by molar-refractivity contribution is 5.80. The van der Waals surface area contributed by atoms with Crippen LogP contribution in [0.25, 0.3) is 0 Å². The van der Waals surface area contributed by atoms with E-state index in [1.165, 1.54) is 0 Å². The maximum Gasteiger partial charge on any atom is 0.142 e. The van der Waals surface area contributed by atoms with Crippen LogP contribution in [0.15, 0.2) is 29.4 Å². The van der Waals surface area contributed by atoms with Gasteiger partial charge in [0.05, 0.1) is 6.61 Å². The highest BCUT2D eigenvalue weighted by Gasteiger charge is 2.10. The van der Waals surface area contributed by atoms with Crippen LogP contribution in [0, 0.1) is 0 Å². The summed E-state index contributed by atoms with van der Waals surface area (Å²) >= 11 is 0. The Bertz CT molecular complexity index is 363. The van der Waals surface area contributed by atoms with E-state index in [1.54, 1.807) is 24.3 Å². The van der Waals surface area contributed by atoms with E-state index in [9.17, 15) is 0 Å². The van der Waals surface area contributed by atoms with Gasteiger partial charge in [-0.3, -0.25) is 0 Å². The second kappa shape index (κ2) is 6.75. The number of nitrogens with two attached hydrogens (primary N) is 1. The summed E-state index contributed by atoms with van der Waals surface area (Å²) in [6.07, 6.45) is 1.03. The Kier molecular flexibility index (Phi) is 5.29. The Balaban J connectivity index is 2.60. The topological polar surface area (TPSA) is 88.1 Å². The van der Waals surface area contributed by atoms with Gasteiger partial charge in [-0.2, -0.15) is 0 Å². The van der Waals surface area contributed by atoms with Gasteiger partial charge in [0.25, 0.3) is 0 Å². The molecule has 0 fully saturated rings. The average molecular weight is 238 g/mol. The Labute approximate surface area is 101 Å². The lowest BCUT2D eigenvalue weighted by atomic mass is 10.2. The summed E-state index contributed by atoms with van der Waals surface area (Å²) in [7, 11) is 0. The Morgan fingerprint density at radius 1 is 1.41 bits per heavy atom. The Morgan fingerprint density at radius 2 is 2.06 bits per heavy atom. The Morgan fingerprint density at radius 3 is 2.53 bits per heavy atom. The molecule has 5 nitrogen and oxygen atoms in total. The molecule has 1 unspecified atom stereocenters. The fourth-order valence-electron chi connectivity index (χ4n) is 1.41. The van der Waals surface area contributed by atoms with Crippen LogP contribution in [0.4, 0.5) is 0 Å². The molecule has 0 aliphatic rings. The summed E-state index contributed by atoms with van der Waals surface area (Å²) in [5, 5.41) is 20.3. The molecule has 0 amide bonds. The van der Waals surface area contributed by atoms with Gasteiger partial charge in [-0.1, -0.05) is 24.2 Å². The van der Waals surface area contributed by atoms with E-state index in [4.69, 9.17) is 20.8 Å². The van der Waals surface area contributed by atoms with Crippen molar-refractivity contribution in [2.24, 2.45) is 10.9 Å². The van der Waals surface area contributed by atoms with Gasteiger partial charge in [0.2, 0.25) is 0 Å². The maximum atomic E-state index is 8.91. The highest BCUT2D eigenvalue weighted by Crippen LogP contribution is 2.16. The number of aliphatic hydroxyl groups excluding tert-OH is 1. The van der Waals surface area contributed by atoms with Crippen LogP contribution in [-0.4, -0.2) is 22.3 Å². The number of amidine groups is 1. The van der Waals surface area contributed by atoms with Crippen LogP contribution in [0.1, 0.15) is 25.3 Å². The number of hydrogen-bond acceptors (Lipinski definition) is 4. The molecule has 0 aliphatic carbocycles. The van der Waals surface area contributed by atoms with E-state index in [-0.39, 0.29) is 18.5 Å². The van der Waals surface area contributed by atoms with Gasteiger partial charge in [0, 0.05) is 6.42 Å². The fourth-order valence-corrected chi connectivity index (χ4v) is 1.41. The molecule has 94 valence electrons. The zero-order valence-corrected chi connectivity index (χ0v) is 9.84. The molecule has 5 heteroatoms. The van der Waals surface area contributed by atoms with Crippen LogP contribution in [0.5, 0.6) is 5.75 Å². The van der Waals surface area contributed by atoms with Gasteiger partial charge in [-0.25, -0.2) is 0 Å². The van der Waals surface area contributed by atoms with Crippen molar-refractivity contribution < 1.29 is 15.1 Å². The number of aliphatic hydroxyl groups is 1. The first-order valence-electron chi connectivity index (χ1n) is 5.52. The maximum absolute atomic E-state index is 8.91. The van der Waals surface area contributed by atoms with Crippen molar-refractivity contribution in [3.63, 3.8) is 0 Å². The van der Waals surface area contributed by atoms with E-state index in [2.05, 4.69) is 5.16 Å². The Hall–Kier alpha value is -1.75. The molecule has 0 spiro atoms. The van der Waals surface area contributed by atoms with Crippen molar-refractivity contribution in [1.29, 1.82) is 0 Å². The lowest BCUT2D eigenvalue weighted by Gasteiger charge is -2.16. The van der Waals surface area contributed by atoms with Crippen molar-refractivity contribution in [2.75, 3.05) is 0 Å². The van der Waals surface area contributed by atoms with Gasteiger partial charge in [0.15, 0.2) is 0 Å². The first-order chi connectivity index (χ1) is 8.19. The van der Waals surface area contributed by atoms with Crippen LogP contribution >= 0.6 is 0 Å². The first-order valence-corrected chi connectivity index (χ1v) is 5.52. The SMILES string of the molecule is CCC(C/C(N)=N/O)Oc1ccc(CO)cc1. The van der Waals surface area contributed by atoms with E-state index in [0.717, 1.165) is 12.0 Å². The summed E-state index contributed by atoms with van der Waals surface area (Å²) in [4.78, 5) is 0. The van der Waals surface area contributed by atoms with E-state index < -0.39 is 0 Å². The molecular formula is C12H18N2O3. The number of oxime groups is 1. The third-order valence-electron chi connectivity index (χ3n) is 2.43. The number of rotatable bonds is 6. The molecule has 0 saturated carbocycles. The average Bonchev–Trinajstić information content (AvgIpc) is 2.38. The molecule has 1 rings (SSSR count). The molecule has 0 bridgehead atoms. The number of hydrogen-bond donors (Lipinski definition) is 3. The predicted octanol–water partition coefficient (Wildman–Crippen LogP) is 1.47. The lowest BCUT2D eigenvalue weighted by molar-refractivity contribution is 0.202. The second-order valence-electron chi connectivity index (χ2n) is 3.75. The number of nitrogens with zero attached hydrogens (tertiary/aromatic N) is 1. The zero-order chi connectivity index (χ0) is 12.7. The van der Waals surface area contributed by atoms with Gasteiger partial charge < -0.3 is 20.8 Å². The number of ether oxygens (including phenoxy) is 1. The van der Waals surface area contributed by atoms with E-state index in [1.807, 2.05) is 6.92 Å². The minimum Gasteiger partial charge on any atom is -0.490 e. The molecule has 0 aromatic heterocycles. The third kappa shape index (κ3) is 4.32. The van der Waals surface area contributed by atoms with Gasteiger partial charge in [-0.15, -0.1) is 0 Å². The van der Waals surface area contributed by atoms with Gasteiger partial charge in [0.1, 0.15) is 17.7 Å². The minimum absolute atomic E-state index is 0.0155. The van der Waals surface area contributed by atoms with Crippen molar-refractivity contribution in [1.82, 2.24) is 0 Å². The van der Waals surface area contributed by atoms with Gasteiger partial charge >= 0.3 is 0 Å². The molecule has 1 aromatic carbocycles. The van der Waals surface area contributed by atoms with Crippen molar-refractivity contribution in [3.05, 3.63) is 29.8 Å². The predicted molar refractivity (Wildman–Crippen MR) is 65.1 cm³/mol.